The fraction of sp³-hybridized carbons (Fsp3) is 0.576. The van der Waals surface area contributed by atoms with E-state index in [0.717, 1.165) is 43.2 Å². The molecule has 4 bridgehead atoms. The van der Waals surface area contributed by atoms with Crippen LogP contribution in [0.3, 0.4) is 0 Å². The number of sulfonamides is 1. The average Bonchev–Trinajstić information content (AvgIpc) is 2.93. The van der Waals surface area contributed by atoms with Crippen molar-refractivity contribution in [2.45, 2.75) is 91.1 Å². The van der Waals surface area contributed by atoms with E-state index in [2.05, 4.69) is 61.0 Å². The molecule has 8 nitrogen and oxygen atoms in total. The Morgan fingerprint density at radius 1 is 1.02 bits per heavy atom. The van der Waals surface area contributed by atoms with Crippen LogP contribution in [0, 0.1) is 5.92 Å². The van der Waals surface area contributed by atoms with E-state index in [1.165, 1.54) is 16.1 Å². The van der Waals surface area contributed by atoms with Crippen LogP contribution in [0.1, 0.15) is 86.8 Å². The number of aryl methyl sites for hydroxylation is 2. The molecule has 2 atom stereocenters. The maximum Gasteiger partial charge on any atom is 0.251 e. The number of nitrogens with zero attached hydrogens (tertiary/aromatic N) is 1. The van der Waals surface area contributed by atoms with Gasteiger partial charge in [0, 0.05) is 31.2 Å². The molecule has 0 spiro atoms. The smallest absolute Gasteiger partial charge is 0.251 e. The highest BCUT2D eigenvalue weighted by molar-refractivity contribution is 7.92. The van der Waals surface area contributed by atoms with Gasteiger partial charge in [0.05, 0.1) is 18.0 Å². The summed E-state index contributed by atoms with van der Waals surface area (Å²) in [6.07, 6.45) is 7.68. The minimum Gasteiger partial charge on any atom is -0.354 e. The van der Waals surface area contributed by atoms with Gasteiger partial charge < -0.3 is 16.0 Å². The Bertz CT molecular complexity index is 1290. The van der Waals surface area contributed by atoms with E-state index in [0.29, 0.717) is 56.1 Å². The number of carbonyl (C=O) groups is 2. The monoisotopic (exact) mass is 598 g/mol. The van der Waals surface area contributed by atoms with Crippen molar-refractivity contribution in [3.63, 3.8) is 0 Å². The highest BCUT2D eigenvalue weighted by Gasteiger charge is 2.23. The first-order valence-corrected chi connectivity index (χ1v) is 17.4. The molecule has 0 unspecified atom stereocenters. The molecule has 0 fully saturated rings. The highest BCUT2D eigenvalue weighted by atomic mass is 32.2. The normalized spacial score (nSPS) is 16.8. The number of fused-ring (bicyclic) bond motifs is 4. The lowest BCUT2D eigenvalue weighted by Crippen LogP contribution is -2.51. The van der Waals surface area contributed by atoms with Crippen molar-refractivity contribution >= 4 is 27.5 Å². The number of amides is 2. The summed E-state index contributed by atoms with van der Waals surface area (Å²) in [7, 11) is -3.51. The Morgan fingerprint density at radius 3 is 2.40 bits per heavy atom. The third-order valence-electron chi connectivity index (χ3n) is 7.53. The molecule has 0 saturated carbocycles. The zero-order chi connectivity index (χ0) is 30.7. The molecule has 1 aliphatic heterocycles. The number of anilines is 1. The zero-order valence-corrected chi connectivity index (χ0v) is 26.9. The molecule has 0 saturated heterocycles. The van der Waals surface area contributed by atoms with E-state index in [-0.39, 0.29) is 23.9 Å². The summed E-state index contributed by atoms with van der Waals surface area (Å²) in [6.45, 7) is 9.53. The number of hydrogen-bond donors (Lipinski definition) is 3. The van der Waals surface area contributed by atoms with Crippen molar-refractivity contribution in [3.8, 4) is 0 Å². The molecule has 232 valence electrons. The van der Waals surface area contributed by atoms with Crippen LogP contribution in [0.15, 0.2) is 42.5 Å². The van der Waals surface area contributed by atoms with Crippen LogP contribution in [0.5, 0.6) is 0 Å². The molecule has 3 N–H and O–H groups in total. The number of carbonyl (C=O) groups excluding carboxylic acids is 2. The zero-order valence-electron chi connectivity index (χ0n) is 26.0. The van der Waals surface area contributed by atoms with Gasteiger partial charge in [-0.1, -0.05) is 58.4 Å². The van der Waals surface area contributed by atoms with Crippen LogP contribution in [0.4, 0.5) is 5.69 Å². The van der Waals surface area contributed by atoms with E-state index < -0.39 is 10.0 Å². The lowest BCUT2D eigenvalue weighted by atomic mass is 9.97. The third-order valence-corrected chi connectivity index (χ3v) is 8.73. The van der Waals surface area contributed by atoms with E-state index in [4.69, 9.17) is 0 Å². The molecule has 0 aliphatic carbocycles. The molecular formula is C33H50N4O4S. The van der Waals surface area contributed by atoms with Gasteiger partial charge in [-0.15, -0.1) is 0 Å². The summed E-state index contributed by atoms with van der Waals surface area (Å²) >= 11 is 0. The summed E-state index contributed by atoms with van der Waals surface area (Å²) in [5.74, 6) is 0.0900. The van der Waals surface area contributed by atoms with E-state index in [1.807, 2.05) is 19.1 Å². The van der Waals surface area contributed by atoms with Gasteiger partial charge in [0.2, 0.25) is 15.9 Å². The first-order valence-electron chi connectivity index (χ1n) is 15.5. The molecule has 3 rings (SSSR count). The first kappa shape index (κ1) is 33.6. The summed E-state index contributed by atoms with van der Waals surface area (Å²) in [5.41, 5.74) is 4.32. The largest absolute Gasteiger partial charge is 0.354 e. The maximum atomic E-state index is 13.8. The molecule has 9 heteroatoms. The van der Waals surface area contributed by atoms with Crippen LogP contribution in [-0.2, 0) is 34.1 Å². The summed E-state index contributed by atoms with van der Waals surface area (Å²) in [5, 5.41) is 9.68. The fourth-order valence-corrected chi connectivity index (χ4v) is 6.41. The van der Waals surface area contributed by atoms with Gasteiger partial charge in [-0.2, -0.15) is 0 Å². The Labute approximate surface area is 253 Å². The lowest BCUT2D eigenvalue weighted by molar-refractivity contribution is -0.123. The summed E-state index contributed by atoms with van der Waals surface area (Å²) in [4.78, 5) is 26.7. The van der Waals surface area contributed by atoms with E-state index in [9.17, 15) is 18.0 Å². The minimum absolute atomic E-state index is 0.0195. The van der Waals surface area contributed by atoms with Gasteiger partial charge in [-0.05, 0) is 85.8 Å². The average molecular weight is 599 g/mol. The second kappa shape index (κ2) is 16.1. The van der Waals surface area contributed by atoms with Gasteiger partial charge in [-0.25, -0.2) is 8.42 Å². The molecule has 42 heavy (non-hydrogen) atoms. The quantitative estimate of drug-likeness (QED) is 0.331. The van der Waals surface area contributed by atoms with Crippen molar-refractivity contribution in [2.75, 3.05) is 30.2 Å². The summed E-state index contributed by atoms with van der Waals surface area (Å²) in [6, 6.07) is 13.4. The van der Waals surface area contributed by atoms with Crippen molar-refractivity contribution in [1.82, 2.24) is 16.0 Å². The van der Waals surface area contributed by atoms with Crippen LogP contribution < -0.4 is 20.3 Å². The van der Waals surface area contributed by atoms with E-state index in [1.54, 1.807) is 6.07 Å². The minimum atomic E-state index is -3.51. The van der Waals surface area contributed by atoms with Crippen molar-refractivity contribution in [2.24, 2.45) is 5.92 Å². The van der Waals surface area contributed by atoms with Gasteiger partial charge in [0.15, 0.2) is 0 Å². The Hall–Kier alpha value is -2.91. The fourth-order valence-electron chi connectivity index (χ4n) is 5.41. The van der Waals surface area contributed by atoms with Gasteiger partial charge in [0.25, 0.3) is 5.91 Å². The number of nitrogens with one attached hydrogen (secondary N) is 3. The van der Waals surface area contributed by atoms with Crippen LogP contribution in [0.2, 0.25) is 0 Å². The van der Waals surface area contributed by atoms with Gasteiger partial charge >= 0.3 is 0 Å². The molecular weight excluding hydrogens is 548 g/mol. The number of rotatable bonds is 12. The molecule has 1 heterocycles. The Morgan fingerprint density at radius 2 is 1.74 bits per heavy atom. The second-order valence-electron chi connectivity index (χ2n) is 12.0. The van der Waals surface area contributed by atoms with Crippen LogP contribution >= 0.6 is 0 Å². The standard InChI is InChI=1S/C33H50N4O4S/c1-6-11-31(33(39)35-22-24(3)4)34-23-29-19-26-15-10-14-25(17-26)12-8-9-13-27-18-28(32(38)36-29)21-30(20-27)37(16-7-2)42(5,40)41/h10,14-15,17-18,20-21,24,29,31,34H,6-9,11-13,16,19,22-23H2,1-5H3,(H,35,39)(H,36,38)/t29-,31-/m0/s1. The molecule has 0 aromatic heterocycles. The SMILES string of the molecule is CCC[C@H](NC[C@@H]1Cc2cccc(c2)CCCCc2cc(cc(N(CCC)S(C)(=O)=O)c2)C(=O)N1)C(=O)NCC(C)C. The Kier molecular flexibility index (Phi) is 12.9. The number of hydrogen-bond acceptors (Lipinski definition) is 5. The van der Waals surface area contributed by atoms with Crippen LogP contribution in [0.25, 0.3) is 0 Å². The van der Waals surface area contributed by atoms with Crippen LogP contribution in [-0.4, -0.2) is 58.2 Å². The van der Waals surface area contributed by atoms with Crippen molar-refractivity contribution < 1.29 is 18.0 Å². The highest BCUT2D eigenvalue weighted by Crippen LogP contribution is 2.24. The van der Waals surface area contributed by atoms with Gasteiger partial charge in [0.1, 0.15) is 0 Å². The third kappa shape index (κ3) is 10.4. The van der Waals surface area contributed by atoms with Crippen molar-refractivity contribution in [3.05, 3.63) is 64.7 Å². The topological polar surface area (TPSA) is 108 Å². The van der Waals surface area contributed by atoms with E-state index >= 15 is 0 Å². The first-order chi connectivity index (χ1) is 20.0. The van der Waals surface area contributed by atoms with Crippen molar-refractivity contribution in [1.29, 1.82) is 0 Å². The lowest BCUT2D eigenvalue weighted by Gasteiger charge is -2.26. The Balaban J connectivity index is 1.93. The van der Waals surface area contributed by atoms with Gasteiger partial charge in [-0.3, -0.25) is 13.9 Å². The predicted molar refractivity (Wildman–Crippen MR) is 172 cm³/mol. The summed E-state index contributed by atoms with van der Waals surface area (Å²) < 4.78 is 26.7. The molecule has 2 amide bonds. The molecule has 2 aromatic rings. The molecule has 2 aromatic carbocycles. The second-order valence-corrected chi connectivity index (χ2v) is 13.9. The molecule has 1 aliphatic rings. The molecule has 0 radical (unpaired) electrons. The maximum absolute atomic E-state index is 13.8. The predicted octanol–water partition coefficient (Wildman–Crippen LogP) is 4.61. The number of benzene rings is 2.